The van der Waals surface area contributed by atoms with Crippen LogP contribution in [0.25, 0.3) is 0 Å². The second-order valence-corrected chi connectivity index (χ2v) is 7.90. The van der Waals surface area contributed by atoms with Crippen LogP contribution in [0.3, 0.4) is 0 Å². The third kappa shape index (κ3) is 5.07. The maximum absolute atomic E-state index is 14.2. The summed E-state index contributed by atoms with van der Waals surface area (Å²) in [6.07, 6.45) is 0.192. The molecule has 1 fully saturated rings. The van der Waals surface area contributed by atoms with E-state index in [2.05, 4.69) is 0 Å². The maximum atomic E-state index is 14.2. The predicted octanol–water partition coefficient (Wildman–Crippen LogP) is 5.60. The molecule has 1 heterocycles. The molecular weight excluding hydrogens is 429 g/mol. The van der Waals surface area contributed by atoms with Crippen LogP contribution in [0.4, 0.5) is 13.2 Å². The van der Waals surface area contributed by atoms with E-state index in [1.165, 1.54) is 18.2 Å². The Labute approximate surface area is 189 Å². The normalized spacial score (nSPS) is 15.3. The van der Waals surface area contributed by atoms with Crippen LogP contribution < -0.4 is 0 Å². The van der Waals surface area contributed by atoms with Crippen molar-refractivity contribution in [2.24, 2.45) is 0 Å². The molecule has 2 atom stereocenters. The van der Waals surface area contributed by atoms with E-state index in [9.17, 15) is 18.0 Å². The molecule has 33 heavy (non-hydrogen) atoms. The number of likely N-dealkylation sites (tertiary alicyclic amines) is 1. The summed E-state index contributed by atoms with van der Waals surface area (Å²) in [6, 6.07) is 17.5. The van der Waals surface area contributed by atoms with E-state index in [1.807, 2.05) is 6.07 Å². The monoisotopic (exact) mass is 450 g/mol. The summed E-state index contributed by atoms with van der Waals surface area (Å²) in [4.78, 5) is 14.3. The number of halogens is 3. The van der Waals surface area contributed by atoms with Gasteiger partial charge in [-0.2, -0.15) is 5.26 Å². The topological polar surface area (TPSA) is 53.3 Å². The number of carbonyl (C=O) groups is 1. The number of carbonyl (C=O) groups excluding carboxylic acids is 1. The summed E-state index contributed by atoms with van der Waals surface area (Å²) < 4.78 is 47.7. The van der Waals surface area contributed by atoms with E-state index < -0.39 is 29.6 Å². The third-order valence-corrected chi connectivity index (χ3v) is 5.73. The molecule has 1 saturated heterocycles. The number of rotatable bonds is 7. The Morgan fingerprint density at radius 3 is 2.24 bits per heavy atom. The highest BCUT2D eigenvalue weighted by atomic mass is 19.2. The minimum atomic E-state index is -1.02. The molecule has 7 heteroatoms. The van der Waals surface area contributed by atoms with Crippen molar-refractivity contribution < 1.29 is 22.7 Å². The Kier molecular flexibility index (Phi) is 6.76. The maximum Gasteiger partial charge on any atom is 0.223 e. The molecule has 168 valence electrons. The number of hydrogen-bond acceptors (Lipinski definition) is 3. The first-order valence-electron chi connectivity index (χ1n) is 10.6. The second-order valence-electron chi connectivity index (χ2n) is 7.90. The van der Waals surface area contributed by atoms with Gasteiger partial charge in [-0.15, -0.1) is 0 Å². The molecule has 0 spiro atoms. The number of amides is 1. The molecular formula is C26H21F3N2O2. The molecule has 1 amide bonds. The van der Waals surface area contributed by atoms with E-state index in [-0.39, 0.29) is 12.5 Å². The molecule has 0 saturated carbocycles. The van der Waals surface area contributed by atoms with Crippen molar-refractivity contribution in [3.8, 4) is 6.07 Å². The number of ether oxygens (including phenoxy) is 1. The van der Waals surface area contributed by atoms with Crippen LogP contribution in [0.1, 0.15) is 47.2 Å². The van der Waals surface area contributed by atoms with Crippen molar-refractivity contribution >= 4 is 5.91 Å². The average molecular weight is 450 g/mol. The standard InChI is InChI=1S/C26H21F3N2O2/c27-21-10-7-19(8-11-21)25(31-13-1-2-24(31)32)26(20-9-12-22(28)23(29)14-20)33-16-18-5-3-17(15-30)4-6-18/h3-12,14,25-26H,1-2,13,16H2/t25-,26+/m1/s1. The summed E-state index contributed by atoms with van der Waals surface area (Å²) >= 11 is 0. The summed E-state index contributed by atoms with van der Waals surface area (Å²) in [5.41, 5.74) is 2.26. The van der Waals surface area contributed by atoms with E-state index in [0.717, 1.165) is 17.7 Å². The van der Waals surface area contributed by atoms with Crippen LogP contribution in [0.5, 0.6) is 0 Å². The molecule has 1 aliphatic heterocycles. The Balaban J connectivity index is 1.74. The van der Waals surface area contributed by atoms with Gasteiger partial charge in [-0.1, -0.05) is 30.3 Å². The van der Waals surface area contributed by atoms with Gasteiger partial charge in [0, 0.05) is 13.0 Å². The summed E-state index contributed by atoms with van der Waals surface area (Å²) in [5, 5.41) is 9.00. The Hall–Kier alpha value is -3.63. The molecule has 3 aromatic carbocycles. The molecule has 0 bridgehead atoms. The number of nitriles is 1. The first-order valence-corrected chi connectivity index (χ1v) is 10.6. The first-order chi connectivity index (χ1) is 16.0. The fourth-order valence-corrected chi connectivity index (χ4v) is 4.06. The molecule has 0 aromatic heterocycles. The van der Waals surface area contributed by atoms with Crippen LogP contribution in [-0.4, -0.2) is 17.4 Å². The largest absolute Gasteiger partial charge is 0.366 e. The van der Waals surface area contributed by atoms with Gasteiger partial charge in [-0.05, 0) is 59.5 Å². The lowest BCUT2D eigenvalue weighted by atomic mass is 9.94. The molecule has 4 nitrogen and oxygen atoms in total. The molecule has 3 aromatic rings. The molecule has 0 radical (unpaired) electrons. The number of benzene rings is 3. The number of hydrogen-bond donors (Lipinski definition) is 0. The van der Waals surface area contributed by atoms with Gasteiger partial charge < -0.3 is 9.64 Å². The van der Waals surface area contributed by atoms with Crippen molar-refractivity contribution in [1.29, 1.82) is 5.26 Å². The van der Waals surface area contributed by atoms with E-state index >= 15 is 0 Å². The lowest BCUT2D eigenvalue weighted by molar-refractivity contribution is -0.134. The smallest absolute Gasteiger partial charge is 0.223 e. The van der Waals surface area contributed by atoms with Crippen LogP contribution >= 0.6 is 0 Å². The van der Waals surface area contributed by atoms with Crippen molar-refractivity contribution in [3.05, 3.63) is 106 Å². The zero-order valence-electron chi connectivity index (χ0n) is 17.7. The van der Waals surface area contributed by atoms with Crippen LogP contribution in [0.2, 0.25) is 0 Å². The quantitative estimate of drug-likeness (QED) is 0.471. The van der Waals surface area contributed by atoms with Crippen molar-refractivity contribution in [2.45, 2.75) is 31.6 Å². The zero-order chi connectivity index (χ0) is 23.4. The van der Waals surface area contributed by atoms with Gasteiger partial charge in [0.1, 0.15) is 11.9 Å². The Morgan fingerprint density at radius 2 is 1.64 bits per heavy atom. The van der Waals surface area contributed by atoms with E-state index in [0.29, 0.717) is 36.1 Å². The van der Waals surface area contributed by atoms with Gasteiger partial charge in [0.2, 0.25) is 5.91 Å². The van der Waals surface area contributed by atoms with Crippen molar-refractivity contribution in [3.63, 3.8) is 0 Å². The fraction of sp³-hybridized carbons (Fsp3) is 0.231. The third-order valence-electron chi connectivity index (χ3n) is 5.73. The van der Waals surface area contributed by atoms with E-state index in [4.69, 9.17) is 10.00 Å². The highest BCUT2D eigenvalue weighted by Gasteiger charge is 2.36. The zero-order valence-corrected chi connectivity index (χ0v) is 17.7. The van der Waals surface area contributed by atoms with Gasteiger partial charge >= 0.3 is 0 Å². The van der Waals surface area contributed by atoms with Gasteiger partial charge in [-0.3, -0.25) is 4.79 Å². The van der Waals surface area contributed by atoms with Gasteiger partial charge in [0.05, 0.1) is 24.3 Å². The highest BCUT2D eigenvalue weighted by molar-refractivity contribution is 5.78. The highest BCUT2D eigenvalue weighted by Crippen LogP contribution is 2.40. The Bertz CT molecular complexity index is 1170. The molecule has 0 unspecified atom stereocenters. The minimum Gasteiger partial charge on any atom is -0.366 e. The van der Waals surface area contributed by atoms with Gasteiger partial charge in [0.25, 0.3) is 0 Å². The van der Waals surface area contributed by atoms with Gasteiger partial charge in [0.15, 0.2) is 11.6 Å². The summed E-state index contributed by atoms with van der Waals surface area (Å²) in [6.45, 7) is 0.580. The average Bonchev–Trinajstić information content (AvgIpc) is 3.25. The molecule has 4 rings (SSSR count). The van der Waals surface area contributed by atoms with E-state index in [1.54, 1.807) is 41.3 Å². The number of nitrogens with zero attached hydrogens (tertiary/aromatic N) is 2. The Morgan fingerprint density at radius 1 is 0.939 bits per heavy atom. The van der Waals surface area contributed by atoms with Crippen LogP contribution in [0, 0.1) is 28.8 Å². The molecule has 1 aliphatic rings. The summed E-state index contributed by atoms with van der Waals surface area (Å²) in [7, 11) is 0. The SMILES string of the molecule is N#Cc1ccc(CO[C@@H](c2ccc(F)c(F)c2)[C@@H](c2ccc(F)cc2)N2CCCC2=O)cc1. The van der Waals surface area contributed by atoms with Crippen LogP contribution in [0.15, 0.2) is 66.7 Å². The first kappa shape index (κ1) is 22.6. The second kappa shape index (κ2) is 9.88. The molecule has 0 aliphatic carbocycles. The fourth-order valence-electron chi connectivity index (χ4n) is 4.06. The van der Waals surface area contributed by atoms with Crippen molar-refractivity contribution in [1.82, 2.24) is 4.90 Å². The van der Waals surface area contributed by atoms with Crippen molar-refractivity contribution in [2.75, 3.05) is 6.54 Å². The lowest BCUT2D eigenvalue weighted by Gasteiger charge is -2.35. The summed E-state index contributed by atoms with van der Waals surface area (Å²) in [5.74, 6) is -2.52. The lowest BCUT2D eigenvalue weighted by Crippen LogP contribution is -2.35. The van der Waals surface area contributed by atoms with Gasteiger partial charge in [-0.25, -0.2) is 13.2 Å². The predicted molar refractivity (Wildman–Crippen MR) is 115 cm³/mol. The molecule has 0 N–H and O–H groups in total. The van der Waals surface area contributed by atoms with Crippen LogP contribution in [-0.2, 0) is 16.1 Å². The minimum absolute atomic E-state index is 0.0844.